The van der Waals surface area contributed by atoms with Crippen LogP contribution in [0.5, 0.6) is 5.75 Å². The summed E-state index contributed by atoms with van der Waals surface area (Å²) in [6, 6.07) is 10.8. The summed E-state index contributed by atoms with van der Waals surface area (Å²) in [5, 5.41) is 2.57. The summed E-state index contributed by atoms with van der Waals surface area (Å²) in [7, 11) is -4.02. The lowest BCUT2D eigenvalue weighted by atomic mass is 10.3. The zero-order chi connectivity index (χ0) is 19.2. The highest BCUT2D eigenvalue weighted by Gasteiger charge is 2.27. The second-order valence-corrected chi connectivity index (χ2v) is 7.21. The average Bonchev–Trinajstić information content (AvgIpc) is 2.61. The number of benzene rings is 2. The van der Waals surface area contributed by atoms with E-state index in [1.165, 1.54) is 24.3 Å². The number of nitrogens with zero attached hydrogens (tertiary/aromatic N) is 1. The summed E-state index contributed by atoms with van der Waals surface area (Å²) in [6.45, 7) is 3.99. The highest BCUT2D eigenvalue weighted by Crippen LogP contribution is 2.25. The van der Waals surface area contributed by atoms with Crippen LogP contribution in [-0.4, -0.2) is 34.0 Å². The monoisotopic (exact) mass is 380 g/mol. The van der Waals surface area contributed by atoms with Gasteiger partial charge in [0.1, 0.15) is 18.1 Å². The Morgan fingerprint density at radius 2 is 1.69 bits per heavy atom. The van der Waals surface area contributed by atoms with Crippen LogP contribution < -0.4 is 14.4 Å². The molecule has 0 fully saturated rings. The lowest BCUT2D eigenvalue weighted by Crippen LogP contribution is -2.40. The molecule has 140 valence electrons. The van der Waals surface area contributed by atoms with Crippen molar-refractivity contribution in [3.8, 4) is 5.75 Å². The third-order valence-corrected chi connectivity index (χ3v) is 5.29. The Labute approximate surface area is 152 Å². The molecule has 2 aromatic rings. The van der Waals surface area contributed by atoms with Crippen molar-refractivity contribution in [2.75, 3.05) is 24.0 Å². The summed E-state index contributed by atoms with van der Waals surface area (Å²) >= 11 is 0. The zero-order valence-electron chi connectivity index (χ0n) is 14.6. The minimum absolute atomic E-state index is 0.00887. The summed E-state index contributed by atoms with van der Waals surface area (Å²) in [4.78, 5) is 12.0. The van der Waals surface area contributed by atoms with E-state index in [-0.39, 0.29) is 10.6 Å². The first-order valence-corrected chi connectivity index (χ1v) is 9.60. The molecule has 0 saturated heterocycles. The molecule has 6 nitrogen and oxygen atoms in total. The second kappa shape index (κ2) is 8.66. The molecule has 1 amide bonds. The number of carbonyl (C=O) groups excluding carboxylic acids is 1. The van der Waals surface area contributed by atoms with Gasteiger partial charge in [0.05, 0.1) is 17.2 Å². The number of carbonyl (C=O) groups is 1. The summed E-state index contributed by atoms with van der Waals surface area (Å²) in [5.74, 6) is -0.403. The molecule has 0 bridgehead atoms. The number of sulfonamides is 1. The van der Waals surface area contributed by atoms with E-state index in [9.17, 15) is 17.6 Å². The van der Waals surface area contributed by atoms with E-state index >= 15 is 0 Å². The first kappa shape index (κ1) is 19.7. The molecule has 2 aromatic carbocycles. The van der Waals surface area contributed by atoms with Crippen molar-refractivity contribution in [2.24, 2.45) is 0 Å². The van der Waals surface area contributed by atoms with Gasteiger partial charge in [-0.15, -0.1) is 0 Å². The molecular weight excluding hydrogens is 359 g/mol. The van der Waals surface area contributed by atoms with Gasteiger partial charge in [-0.3, -0.25) is 9.10 Å². The number of ether oxygens (including phenoxy) is 1. The van der Waals surface area contributed by atoms with Gasteiger partial charge in [0.15, 0.2) is 0 Å². The Hall–Kier alpha value is -2.61. The molecule has 0 saturated carbocycles. The van der Waals surface area contributed by atoms with Crippen molar-refractivity contribution in [3.63, 3.8) is 0 Å². The minimum Gasteiger partial charge on any atom is -0.494 e. The van der Waals surface area contributed by atoms with Crippen molar-refractivity contribution in [2.45, 2.75) is 18.7 Å². The molecule has 1 N–H and O–H groups in total. The third kappa shape index (κ3) is 4.72. The first-order valence-electron chi connectivity index (χ1n) is 8.16. The molecule has 0 heterocycles. The average molecular weight is 380 g/mol. The number of nitrogens with one attached hydrogen (secondary N) is 1. The third-order valence-electron chi connectivity index (χ3n) is 3.50. The van der Waals surface area contributed by atoms with Gasteiger partial charge in [0.25, 0.3) is 10.0 Å². The Balaban J connectivity index is 2.41. The Morgan fingerprint density at radius 3 is 2.23 bits per heavy atom. The number of halogens is 1. The van der Waals surface area contributed by atoms with Gasteiger partial charge >= 0.3 is 0 Å². The largest absolute Gasteiger partial charge is 0.494 e. The predicted molar refractivity (Wildman–Crippen MR) is 97.2 cm³/mol. The molecule has 0 spiro atoms. The fraction of sp³-hybridized carbons (Fsp3) is 0.278. The Morgan fingerprint density at radius 1 is 1.08 bits per heavy atom. The highest BCUT2D eigenvalue weighted by molar-refractivity contribution is 7.92. The van der Waals surface area contributed by atoms with Crippen molar-refractivity contribution >= 4 is 21.6 Å². The summed E-state index contributed by atoms with van der Waals surface area (Å²) in [5.41, 5.74) is 0.200. The van der Waals surface area contributed by atoms with Crippen molar-refractivity contribution < 1.29 is 22.3 Å². The van der Waals surface area contributed by atoms with Crippen LogP contribution >= 0.6 is 0 Å². The van der Waals surface area contributed by atoms with E-state index in [1.54, 1.807) is 19.1 Å². The standard InChI is InChI=1S/C18H21FN2O4S/c1-3-20-18(22)13-21(15-7-5-14(19)6-8-15)26(23,24)17-11-9-16(10-12-17)25-4-2/h5-12H,3-4,13H2,1-2H3,(H,20,22). The number of hydrogen-bond acceptors (Lipinski definition) is 4. The molecule has 0 aliphatic rings. The lowest BCUT2D eigenvalue weighted by molar-refractivity contribution is -0.119. The van der Waals surface area contributed by atoms with Crippen LogP contribution in [0.15, 0.2) is 53.4 Å². The fourth-order valence-corrected chi connectivity index (χ4v) is 3.73. The van der Waals surface area contributed by atoms with E-state index < -0.39 is 28.3 Å². The fourth-order valence-electron chi connectivity index (χ4n) is 2.31. The molecule has 0 aliphatic heterocycles. The molecule has 8 heteroatoms. The number of likely N-dealkylation sites (N-methyl/N-ethyl adjacent to an activating group) is 1. The van der Waals surface area contributed by atoms with Crippen molar-refractivity contribution in [1.29, 1.82) is 0 Å². The number of hydrogen-bond donors (Lipinski definition) is 1. The maximum atomic E-state index is 13.2. The van der Waals surface area contributed by atoms with Gasteiger partial charge in [-0.1, -0.05) is 0 Å². The molecule has 2 rings (SSSR count). The van der Waals surface area contributed by atoms with Gasteiger partial charge in [-0.25, -0.2) is 12.8 Å². The van der Waals surface area contributed by atoms with Crippen LogP contribution in [0.25, 0.3) is 0 Å². The van der Waals surface area contributed by atoms with Crippen molar-refractivity contribution in [1.82, 2.24) is 5.32 Å². The van der Waals surface area contributed by atoms with Crippen LogP contribution in [0.2, 0.25) is 0 Å². The number of rotatable bonds is 8. The van der Waals surface area contributed by atoms with Crippen LogP contribution in [0, 0.1) is 5.82 Å². The van der Waals surface area contributed by atoms with Crippen molar-refractivity contribution in [3.05, 3.63) is 54.3 Å². The normalized spacial score (nSPS) is 11.0. The van der Waals surface area contributed by atoms with Gasteiger partial charge in [-0.05, 0) is 62.4 Å². The number of amides is 1. The number of anilines is 1. The van der Waals surface area contributed by atoms with E-state index in [2.05, 4.69) is 5.32 Å². The zero-order valence-corrected chi connectivity index (χ0v) is 15.4. The molecule has 0 aromatic heterocycles. The van der Waals surface area contributed by atoms with Crippen LogP contribution in [0.1, 0.15) is 13.8 Å². The maximum absolute atomic E-state index is 13.2. The van der Waals surface area contributed by atoms with E-state index in [1.807, 2.05) is 6.92 Å². The molecule has 26 heavy (non-hydrogen) atoms. The van der Waals surface area contributed by atoms with Gasteiger partial charge in [-0.2, -0.15) is 0 Å². The van der Waals surface area contributed by atoms with Crippen LogP contribution in [-0.2, 0) is 14.8 Å². The van der Waals surface area contributed by atoms with Gasteiger partial charge < -0.3 is 10.1 Å². The SMILES string of the molecule is CCNC(=O)CN(c1ccc(F)cc1)S(=O)(=O)c1ccc(OCC)cc1. The Kier molecular flexibility index (Phi) is 6.57. The molecule has 0 unspecified atom stereocenters. The van der Waals surface area contributed by atoms with E-state index in [0.717, 1.165) is 16.4 Å². The van der Waals surface area contributed by atoms with E-state index in [0.29, 0.717) is 18.9 Å². The van der Waals surface area contributed by atoms with Gasteiger partial charge in [0.2, 0.25) is 5.91 Å². The summed E-state index contributed by atoms with van der Waals surface area (Å²) in [6.07, 6.45) is 0. The van der Waals surface area contributed by atoms with E-state index in [4.69, 9.17) is 4.74 Å². The first-order chi connectivity index (χ1) is 12.4. The molecule has 0 aliphatic carbocycles. The minimum atomic E-state index is -4.02. The molecular formula is C18H21FN2O4S. The van der Waals surface area contributed by atoms with Crippen LogP contribution in [0.3, 0.4) is 0 Å². The molecule has 0 radical (unpaired) electrons. The Bertz CT molecular complexity index is 836. The van der Waals surface area contributed by atoms with Gasteiger partial charge in [0, 0.05) is 6.54 Å². The maximum Gasteiger partial charge on any atom is 0.264 e. The second-order valence-electron chi connectivity index (χ2n) is 5.35. The quantitative estimate of drug-likeness (QED) is 0.764. The lowest BCUT2D eigenvalue weighted by Gasteiger charge is -2.24. The topological polar surface area (TPSA) is 75.7 Å². The predicted octanol–water partition coefficient (Wildman–Crippen LogP) is 2.56. The smallest absolute Gasteiger partial charge is 0.264 e. The van der Waals surface area contributed by atoms with Crippen LogP contribution in [0.4, 0.5) is 10.1 Å². The molecule has 0 atom stereocenters. The summed E-state index contributed by atoms with van der Waals surface area (Å²) < 4.78 is 45.6. The highest BCUT2D eigenvalue weighted by atomic mass is 32.2.